The Morgan fingerprint density at radius 1 is 0.933 bits per heavy atom. The van der Waals surface area contributed by atoms with Crippen molar-refractivity contribution in [3.63, 3.8) is 0 Å². The summed E-state index contributed by atoms with van der Waals surface area (Å²) in [6, 6.07) is 22.3. The highest BCUT2D eigenvalue weighted by atomic mass is 32.2. The second kappa shape index (κ2) is 9.28. The predicted octanol–water partition coefficient (Wildman–Crippen LogP) is 4.17. The van der Waals surface area contributed by atoms with Gasteiger partial charge in [-0.05, 0) is 48.0 Å². The molecule has 1 amide bonds. The van der Waals surface area contributed by atoms with E-state index in [1.165, 1.54) is 30.2 Å². The number of likely N-dealkylation sites (N-methyl/N-ethyl adjacent to an activating group) is 1. The van der Waals surface area contributed by atoms with Gasteiger partial charge in [-0.25, -0.2) is 8.42 Å². The van der Waals surface area contributed by atoms with Gasteiger partial charge in [-0.2, -0.15) is 0 Å². The van der Waals surface area contributed by atoms with E-state index in [-0.39, 0.29) is 10.8 Å². The first-order valence-corrected chi connectivity index (χ1v) is 10.7. The molecule has 0 aromatic heterocycles. The fourth-order valence-electron chi connectivity index (χ4n) is 2.75. The van der Waals surface area contributed by atoms with Gasteiger partial charge in [0.2, 0.25) is 0 Å². The third-order valence-corrected chi connectivity index (χ3v) is 5.82. The standard InChI is InChI=1S/C23H22N2O4S/c1-25(19-8-4-3-5-9-19)23(26)17-14-18-12-15-20(16-13-18)30(27,28)24-21-10-6-7-11-22(21)29-2/h3-17,24H,1-2H3/b17-14+. The molecule has 0 bridgehead atoms. The number of benzene rings is 3. The SMILES string of the molecule is COc1ccccc1NS(=O)(=O)c1ccc(/C=C/C(=O)N(C)c2ccccc2)cc1. The number of hydrogen-bond acceptors (Lipinski definition) is 4. The van der Waals surface area contributed by atoms with Gasteiger partial charge in [0.15, 0.2) is 0 Å². The zero-order valence-electron chi connectivity index (χ0n) is 16.6. The van der Waals surface area contributed by atoms with Crippen LogP contribution in [0.1, 0.15) is 5.56 Å². The number of ether oxygens (including phenoxy) is 1. The van der Waals surface area contributed by atoms with E-state index >= 15 is 0 Å². The summed E-state index contributed by atoms with van der Waals surface area (Å²) in [5.74, 6) is 0.248. The van der Waals surface area contributed by atoms with Crippen LogP contribution in [0.15, 0.2) is 89.8 Å². The first kappa shape index (κ1) is 21.1. The molecule has 7 heteroatoms. The van der Waals surface area contributed by atoms with E-state index in [2.05, 4.69) is 4.72 Å². The summed E-state index contributed by atoms with van der Waals surface area (Å²) < 4.78 is 33.0. The number of methoxy groups -OCH3 is 1. The third kappa shape index (κ3) is 5.07. The molecule has 1 N–H and O–H groups in total. The van der Waals surface area contributed by atoms with Gasteiger partial charge in [-0.3, -0.25) is 9.52 Å². The van der Waals surface area contributed by atoms with Crippen LogP contribution in [0, 0.1) is 0 Å². The van der Waals surface area contributed by atoms with E-state index in [1.54, 1.807) is 49.5 Å². The lowest BCUT2D eigenvalue weighted by Gasteiger charge is -2.14. The molecule has 0 heterocycles. The highest BCUT2D eigenvalue weighted by molar-refractivity contribution is 7.92. The van der Waals surface area contributed by atoms with Crippen LogP contribution in [0.3, 0.4) is 0 Å². The Balaban J connectivity index is 1.71. The Morgan fingerprint density at radius 3 is 2.23 bits per heavy atom. The van der Waals surface area contributed by atoms with Gasteiger partial charge >= 0.3 is 0 Å². The van der Waals surface area contributed by atoms with Crippen molar-refractivity contribution >= 4 is 33.4 Å². The number of hydrogen-bond donors (Lipinski definition) is 1. The average Bonchev–Trinajstić information content (AvgIpc) is 2.78. The Labute approximate surface area is 176 Å². The molecule has 0 saturated carbocycles. The molecular weight excluding hydrogens is 400 g/mol. The first-order chi connectivity index (χ1) is 14.4. The largest absolute Gasteiger partial charge is 0.495 e. The van der Waals surface area contributed by atoms with E-state index < -0.39 is 10.0 Å². The molecular formula is C23H22N2O4S. The molecule has 3 aromatic carbocycles. The lowest BCUT2D eigenvalue weighted by molar-refractivity contribution is -0.113. The molecule has 0 spiro atoms. The maximum Gasteiger partial charge on any atom is 0.262 e. The molecule has 0 aliphatic heterocycles. The van der Waals surface area contributed by atoms with Crippen molar-refractivity contribution in [2.45, 2.75) is 4.90 Å². The number of carbonyl (C=O) groups excluding carboxylic acids is 1. The van der Waals surface area contributed by atoms with E-state index in [1.807, 2.05) is 30.3 Å². The first-order valence-electron chi connectivity index (χ1n) is 9.17. The van der Waals surface area contributed by atoms with E-state index in [9.17, 15) is 13.2 Å². The Bertz CT molecular complexity index is 1140. The van der Waals surface area contributed by atoms with E-state index in [0.29, 0.717) is 17.0 Å². The number of carbonyl (C=O) groups is 1. The minimum atomic E-state index is -3.77. The van der Waals surface area contributed by atoms with Crippen molar-refractivity contribution in [1.82, 2.24) is 0 Å². The van der Waals surface area contributed by atoms with Crippen molar-refractivity contribution in [1.29, 1.82) is 0 Å². The summed E-state index contributed by atoms with van der Waals surface area (Å²) >= 11 is 0. The summed E-state index contributed by atoms with van der Waals surface area (Å²) in [7, 11) is -0.600. The normalized spacial score (nSPS) is 11.3. The number of anilines is 2. The molecule has 154 valence electrons. The monoisotopic (exact) mass is 422 g/mol. The van der Waals surface area contributed by atoms with Crippen LogP contribution in [0.2, 0.25) is 0 Å². The average molecular weight is 423 g/mol. The lowest BCUT2D eigenvalue weighted by atomic mass is 10.2. The molecule has 3 aromatic rings. The molecule has 0 saturated heterocycles. The van der Waals surface area contributed by atoms with Crippen molar-refractivity contribution in [3.8, 4) is 5.75 Å². The molecule has 30 heavy (non-hydrogen) atoms. The molecule has 0 radical (unpaired) electrons. The van der Waals surface area contributed by atoms with Gasteiger partial charge in [-0.15, -0.1) is 0 Å². The topological polar surface area (TPSA) is 75.7 Å². The zero-order chi connectivity index (χ0) is 21.6. The van der Waals surface area contributed by atoms with Crippen LogP contribution in [-0.2, 0) is 14.8 Å². The summed E-state index contributed by atoms with van der Waals surface area (Å²) in [6.45, 7) is 0. The Hall–Kier alpha value is -3.58. The van der Waals surface area contributed by atoms with Gasteiger partial charge in [0.1, 0.15) is 5.75 Å². The van der Waals surface area contributed by atoms with Crippen LogP contribution in [-0.4, -0.2) is 28.5 Å². The number of amides is 1. The van der Waals surface area contributed by atoms with E-state index in [4.69, 9.17) is 4.74 Å². The van der Waals surface area contributed by atoms with Gasteiger partial charge in [0.05, 0.1) is 17.7 Å². The van der Waals surface area contributed by atoms with Crippen molar-refractivity contribution in [2.75, 3.05) is 23.8 Å². The highest BCUT2D eigenvalue weighted by Crippen LogP contribution is 2.26. The quantitative estimate of drug-likeness (QED) is 0.580. The summed E-state index contributed by atoms with van der Waals surface area (Å²) in [4.78, 5) is 14.0. The predicted molar refractivity (Wildman–Crippen MR) is 119 cm³/mol. The molecule has 3 rings (SSSR count). The van der Waals surface area contributed by atoms with Gasteiger partial charge in [-0.1, -0.05) is 42.5 Å². The second-order valence-corrected chi connectivity index (χ2v) is 8.12. The van der Waals surface area contributed by atoms with Crippen LogP contribution >= 0.6 is 0 Å². The number of nitrogens with one attached hydrogen (secondary N) is 1. The minimum absolute atomic E-state index is 0.110. The summed E-state index contributed by atoms with van der Waals surface area (Å²) in [6.07, 6.45) is 3.09. The van der Waals surface area contributed by atoms with Gasteiger partial charge < -0.3 is 9.64 Å². The summed E-state index contributed by atoms with van der Waals surface area (Å²) in [5, 5.41) is 0. The van der Waals surface area contributed by atoms with Gasteiger partial charge in [0.25, 0.3) is 15.9 Å². The lowest BCUT2D eigenvalue weighted by Crippen LogP contribution is -2.23. The molecule has 0 aliphatic carbocycles. The molecule has 0 atom stereocenters. The molecule has 6 nitrogen and oxygen atoms in total. The van der Waals surface area contributed by atoms with Crippen molar-refractivity contribution in [3.05, 3.63) is 90.5 Å². The number of rotatable bonds is 7. The Morgan fingerprint density at radius 2 is 1.57 bits per heavy atom. The zero-order valence-corrected chi connectivity index (χ0v) is 17.5. The highest BCUT2D eigenvalue weighted by Gasteiger charge is 2.16. The number of sulfonamides is 1. The molecule has 0 fully saturated rings. The van der Waals surface area contributed by atoms with Crippen LogP contribution < -0.4 is 14.4 Å². The second-order valence-electron chi connectivity index (χ2n) is 6.44. The van der Waals surface area contributed by atoms with E-state index in [0.717, 1.165) is 5.69 Å². The van der Waals surface area contributed by atoms with Gasteiger partial charge in [0, 0.05) is 18.8 Å². The maximum atomic E-state index is 12.6. The third-order valence-electron chi connectivity index (χ3n) is 4.43. The van der Waals surface area contributed by atoms with Crippen LogP contribution in [0.5, 0.6) is 5.75 Å². The Kier molecular flexibility index (Phi) is 6.54. The minimum Gasteiger partial charge on any atom is -0.495 e. The maximum absolute atomic E-state index is 12.6. The van der Waals surface area contributed by atoms with Crippen LogP contribution in [0.25, 0.3) is 6.08 Å². The van der Waals surface area contributed by atoms with Crippen molar-refractivity contribution < 1.29 is 17.9 Å². The van der Waals surface area contributed by atoms with Crippen molar-refractivity contribution in [2.24, 2.45) is 0 Å². The number of para-hydroxylation sites is 3. The number of nitrogens with zero attached hydrogens (tertiary/aromatic N) is 1. The molecule has 0 aliphatic rings. The molecule has 0 unspecified atom stereocenters. The fraction of sp³-hybridized carbons (Fsp3) is 0.0870. The summed E-state index contributed by atoms with van der Waals surface area (Å²) in [5.41, 5.74) is 1.86. The smallest absolute Gasteiger partial charge is 0.262 e. The van der Waals surface area contributed by atoms with Crippen LogP contribution in [0.4, 0.5) is 11.4 Å². The fourth-order valence-corrected chi connectivity index (χ4v) is 3.82.